The maximum absolute atomic E-state index is 11.9. The molecule has 0 bridgehead atoms. The van der Waals surface area contributed by atoms with Crippen LogP contribution in [-0.4, -0.2) is 23.8 Å². The van der Waals surface area contributed by atoms with Gasteiger partial charge in [0, 0.05) is 11.8 Å². The van der Waals surface area contributed by atoms with E-state index in [1.165, 1.54) is 5.57 Å². The minimum absolute atomic E-state index is 0.0102. The number of esters is 1. The van der Waals surface area contributed by atoms with Crippen molar-refractivity contribution in [3.8, 4) is 0 Å². The van der Waals surface area contributed by atoms with Crippen molar-refractivity contribution in [3.63, 3.8) is 0 Å². The van der Waals surface area contributed by atoms with Gasteiger partial charge in [-0.05, 0) is 32.1 Å². The summed E-state index contributed by atoms with van der Waals surface area (Å²) in [6, 6.07) is 0. The third kappa shape index (κ3) is 1.16. The number of hydrogen-bond donors (Lipinski definition) is 0. The molecule has 4 aliphatic rings. The molecule has 3 nitrogen and oxygen atoms in total. The Bertz CT molecular complexity index is 443. The maximum atomic E-state index is 11.9. The topological polar surface area (TPSA) is 38.8 Å². The van der Waals surface area contributed by atoms with Gasteiger partial charge >= 0.3 is 5.97 Å². The molecule has 2 heterocycles. The molecule has 0 amide bonds. The molecular weight excluding hydrogens is 228 g/mol. The van der Waals surface area contributed by atoms with Gasteiger partial charge in [0.05, 0.1) is 17.6 Å². The fraction of sp³-hybridized carbons (Fsp3) is 0.800. The van der Waals surface area contributed by atoms with E-state index >= 15 is 0 Å². The quantitative estimate of drug-likeness (QED) is 0.375. The average molecular weight is 248 g/mol. The van der Waals surface area contributed by atoms with Gasteiger partial charge in [-0.1, -0.05) is 19.1 Å². The molecule has 0 spiro atoms. The molecule has 0 aromatic heterocycles. The minimum Gasteiger partial charge on any atom is -0.461 e. The van der Waals surface area contributed by atoms with E-state index in [-0.39, 0.29) is 23.6 Å². The van der Waals surface area contributed by atoms with Gasteiger partial charge in [-0.15, -0.1) is 0 Å². The summed E-state index contributed by atoms with van der Waals surface area (Å²) in [4.78, 5) is 11.9. The lowest BCUT2D eigenvalue weighted by Gasteiger charge is -2.30. The molecule has 2 saturated heterocycles. The summed E-state index contributed by atoms with van der Waals surface area (Å²) in [5.41, 5.74) is 1.31. The number of carbonyl (C=O) groups excluding carboxylic acids is 1. The smallest absolute Gasteiger partial charge is 0.309 e. The zero-order valence-corrected chi connectivity index (χ0v) is 11.0. The second-order valence-corrected chi connectivity index (χ2v) is 6.71. The van der Waals surface area contributed by atoms with Gasteiger partial charge in [0.25, 0.3) is 0 Å². The summed E-state index contributed by atoms with van der Waals surface area (Å²) in [5.74, 6) is 1.24. The third-order valence-electron chi connectivity index (χ3n) is 5.91. The van der Waals surface area contributed by atoms with E-state index in [1.54, 1.807) is 0 Å². The first-order valence-electron chi connectivity index (χ1n) is 7.08. The van der Waals surface area contributed by atoms with Crippen molar-refractivity contribution in [1.29, 1.82) is 0 Å². The van der Waals surface area contributed by atoms with E-state index in [0.29, 0.717) is 23.9 Å². The number of hydrogen-bond acceptors (Lipinski definition) is 3. The fourth-order valence-corrected chi connectivity index (χ4v) is 4.68. The minimum atomic E-state index is -0.0504. The van der Waals surface area contributed by atoms with Crippen LogP contribution in [0.15, 0.2) is 12.2 Å². The predicted molar refractivity (Wildman–Crippen MR) is 65.8 cm³/mol. The van der Waals surface area contributed by atoms with Crippen LogP contribution in [0.4, 0.5) is 0 Å². The highest BCUT2D eigenvalue weighted by Crippen LogP contribution is 2.63. The molecule has 4 rings (SSSR count). The van der Waals surface area contributed by atoms with E-state index in [2.05, 4.69) is 13.5 Å². The van der Waals surface area contributed by atoms with Gasteiger partial charge in [0.1, 0.15) is 6.10 Å². The van der Waals surface area contributed by atoms with Crippen molar-refractivity contribution in [3.05, 3.63) is 12.2 Å². The lowest BCUT2D eigenvalue weighted by Crippen LogP contribution is -2.37. The second-order valence-electron chi connectivity index (χ2n) is 6.71. The standard InChI is InChI=1S/C15H20O3/c1-7-4-5-9-8(2)14(16)17-13(9)12-10(7)6-11-15(12,3)18-11/h8-13H,1,4-6H2,2-3H3/t8-,9+,10+,11-,12+,13+,15-/m1/s1. The number of epoxide rings is 1. The molecule has 2 aliphatic heterocycles. The largest absolute Gasteiger partial charge is 0.461 e. The van der Waals surface area contributed by atoms with Gasteiger partial charge in [-0.25, -0.2) is 0 Å². The van der Waals surface area contributed by atoms with Crippen molar-refractivity contribution in [2.45, 2.75) is 50.9 Å². The van der Waals surface area contributed by atoms with E-state index < -0.39 is 0 Å². The molecule has 2 saturated carbocycles. The van der Waals surface area contributed by atoms with Crippen molar-refractivity contribution in [2.75, 3.05) is 0 Å². The van der Waals surface area contributed by atoms with Crippen LogP contribution in [0.5, 0.6) is 0 Å². The van der Waals surface area contributed by atoms with Crippen LogP contribution in [0.1, 0.15) is 33.1 Å². The molecular formula is C15H20O3. The SMILES string of the molecule is C=C1CC[C@@H]2[C@H](OC(=O)[C@@H]2C)[C@@H]2[C@H]1C[C@H]1O[C@@]21C. The van der Waals surface area contributed by atoms with Gasteiger partial charge in [-0.3, -0.25) is 4.79 Å². The first kappa shape index (κ1) is 11.0. The van der Waals surface area contributed by atoms with Crippen LogP contribution >= 0.6 is 0 Å². The van der Waals surface area contributed by atoms with Crippen LogP contribution in [0.2, 0.25) is 0 Å². The summed E-state index contributed by atoms with van der Waals surface area (Å²) in [5, 5.41) is 0. The molecule has 0 radical (unpaired) electrons. The summed E-state index contributed by atoms with van der Waals surface area (Å²) in [6.07, 6.45) is 3.61. The summed E-state index contributed by atoms with van der Waals surface area (Å²) < 4.78 is 11.6. The third-order valence-corrected chi connectivity index (χ3v) is 5.91. The molecule has 3 heteroatoms. The molecule has 2 aliphatic carbocycles. The van der Waals surface area contributed by atoms with Crippen LogP contribution in [0.3, 0.4) is 0 Å². The highest BCUT2D eigenvalue weighted by atomic mass is 16.6. The van der Waals surface area contributed by atoms with E-state index in [4.69, 9.17) is 9.47 Å². The number of carbonyl (C=O) groups is 1. The summed E-state index contributed by atoms with van der Waals surface area (Å²) in [7, 11) is 0. The van der Waals surface area contributed by atoms with Crippen molar-refractivity contribution >= 4 is 5.97 Å². The Balaban J connectivity index is 1.75. The lowest BCUT2D eigenvalue weighted by atomic mass is 9.77. The van der Waals surface area contributed by atoms with E-state index in [9.17, 15) is 4.79 Å². The molecule has 4 fully saturated rings. The molecule has 98 valence electrons. The molecule has 0 N–H and O–H groups in total. The Kier molecular flexibility index (Phi) is 1.95. The monoisotopic (exact) mass is 248 g/mol. The van der Waals surface area contributed by atoms with Crippen LogP contribution in [0, 0.1) is 23.7 Å². The number of allylic oxidation sites excluding steroid dienone is 1. The Morgan fingerprint density at radius 1 is 1.44 bits per heavy atom. The number of fused-ring (bicyclic) bond motifs is 5. The normalized spacial score (nSPS) is 57.4. The summed E-state index contributed by atoms with van der Waals surface area (Å²) >= 11 is 0. The molecule has 0 unspecified atom stereocenters. The summed E-state index contributed by atoms with van der Waals surface area (Å²) in [6.45, 7) is 8.48. The first-order chi connectivity index (χ1) is 8.52. The van der Waals surface area contributed by atoms with Crippen molar-refractivity contribution < 1.29 is 14.3 Å². The highest BCUT2D eigenvalue weighted by Gasteiger charge is 2.70. The molecule has 0 aromatic rings. The number of ether oxygens (including phenoxy) is 2. The van der Waals surface area contributed by atoms with E-state index in [1.807, 2.05) is 6.92 Å². The zero-order chi connectivity index (χ0) is 12.7. The van der Waals surface area contributed by atoms with Crippen LogP contribution in [-0.2, 0) is 14.3 Å². The maximum Gasteiger partial charge on any atom is 0.309 e. The van der Waals surface area contributed by atoms with Gasteiger partial charge in [0.15, 0.2) is 0 Å². The Morgan fingerprint density at radius 2 is 2.22 bits per heavy atom. The number of rotatable bonds is 0. The molecule has 7 atom stereocenters. The highest BCUT2D eigenvalue weighted by molar-refractivity contribution is 5.75. The van der Waals surface area contributed by atoms with Crippen LogP contribution < -0.4 is 0 Å². The van der Waals surface area contributed by atoms with E-state index in [0.717, 1.165) is 19.3 Å². The van der Waals surface area contributed by atoms with Gasteiger partial charge in [0.2, 0.25) is 0 Å². The lowest BCUT2D eigenvalue weighted by molar-refractivity contribution is -0.147. The van der Waals surface area contributed by atoms with Gasteiger partial charge in [-0.2, -0.15) is 0 Å². The molecule has 0 aromatic carbocycles. The van der Waals surface area contributed by atoms with Gasteiger partial charge < -0.3 is 9.47 Å². The Hall–Kier alpha value is -0.830. The fourth-order valence-electron chi connectivity index (χ4n) is 4.68. The average Bonchev–Trinajstić information content (AvgIpc) is 2.82. The van der Waals surface area contributed by atoms with Crippen molar-refractivity contribution in [1.82, 2.24) is 0 Å². The zero-order valence-electron chi connectivity index (χ0n) is 11.0. The Labute approximate surface area is 108 Å². The molecule has 18 heavy (non-hydrogen) atoms. The predicted octanol–water partition coefficient (Wildman–Crippen LogP) is 2.31. The Morgan fingerprint density at radius 3 is 3.00 bits per heavy atom. The van der Waals surface area contributed by atoms with Crippen LogP contribution in [0.25, 0.3) is 0 Å². The van der Waals surface area contributed by atoms with Crippen molar-refractivity contribution in [2.24, 2.45) is 23.7 Å². The first-order valence-corrected chi connectivity index (χ1v) is 7.08. The second kappa shape index (κ2) is 3.19.